The summed E-state index contributed by atoms with van der Waals surface area (Å²) in [5, 5.41) is 3.27. The minimum atomic E-state index is -0.345. The minimum Gasteiger partial charge on any atom is -0.323 e. The summed E-state index contributed by atoms with van der Waals surface area (Å²) >= 11 is 11.8. The molecule has 0 aliphatic heterocycles. The standard InChI is InChI=1S/C14H12Cl2N2O2/c1-9-4-3-7-18(14(9)20)8-12(19)17-11-6-2-5-10(15)13(11)16/h2-7H,8H2,1H3,(H,17,19). The van der Waals surface area contributed by atoms with Gasteiger partial charge in [-0.3, -0.25) is 9.59 Å². The number of benzene rings is 1. The molecule has 0 atom stereocenters. The van der Waals surface area contributed by atoms with Gasteiger partial charge < -0.3 is 9.88 Å². The van der Waals surface area contributed by atoms with E-state index in [1.165, 1.54) is 4.57 Å². The maximum atomic E-state index is 11.9. The van der Waals surface area contributed by atoms with Gasteiger partial charge >= 0.3 is 0 Å². The van der Waals surface area contributed by atoms with E-state index in [4.69, 9.17) is 23.2 Å². The fraction of sp³-hybridized carbons (Fsp3) is 0.143. The monoisotopic (exact) mass is 310 g/mol. The Morgan fingerprint density at radius 1 is 1.25 bits per heavy atom. The fourth-order valence-electron chi connectivity index (χ4n) is 1.73. The lowest BCUT2D eigenvalue weighted by atomic mass is 10.3. The Kier molecular flexibility index (Phi) is 4.47. The van der Waals surface area contributed by atoms with Crippen molar-refractivity contribution >= 4 is 34.8 Å². The molecule has 0 aliphatic carbocycles. The Balaban J connectivity index is 2.15. The van der Waals surface area contributed by atoms with E-state index in [0.29, 0.717) is 16.3 Å². The Morgan fingerprint density at radius 2 is 2.00 bits per heavy atom. The average molecular weight is 311 g/mol. The molecule has 0 saturated heterocycles. The smallest absolute Gasteiger partial charge is 0.253 e. The molecule has 4 nitrogen and oxygen atoms in total. The summed E-state index contributed by atoms with van der Waals surface area (Å²) < 4.78 is 1.34. The highest BCUT2D eigenvalue weighted by molar-refractivity contribution is 6.43. The van der Waals surface area contributed by atoms with Gasteiger partial charge in [0.05, 0.1) is 15.7 Å². The molecule has 0 spiro atoms. The number of hydrogen-bond acceptors (Lipinski definition) is 2. The quantitative estimate of drug-likeness (QED) is 0.947. The molecule has 0 saturated carbocycles. The van der Waals surface area contributed by atoms with Gasteiger partial charge in [-0.05, 0) is 25.1 Å². The lowest BCUT2D eigenvalue weighted by molar-refractivity contribution is -0.116. The number of nitrogens with one attached hydrogen (secondary N) is 1. The van der Waals surface area contributed by atoms with E-state index in [2.05, 4.69) is 5.32 Å². The second kappa shape index (κ2) is 6.11. The molecule has 104 valence electrons. The number of hydrogen-bond donors (Lipinski definition) is 1. The van der Waals surface area contributed by atoms with Crippen molar-refractivity contribution in [2.24, 2.45) is 0 Å². The van der Waals surface area contributed by atoms with Crippen LogP contribution in [-0.2, 0) is 11.3 Å². The third-order valence-electron chi connectivity index (χ3n) is 2.75. The first-order valence-corrected chi connectivity index (χ1v) is 6.64. The van der Waals surface area contributed by atoms with E-state index in [0.717, 1.165) is 0 Å². The number of halogens is 2. The number of pyridine rings is 1. The largest absolute Gasteiger partial charge is 0.323 e. The molecular weight excluding hydrogens is 299 g/mol. The first kappa shape index (κ1) is 14.6. The topological polar surface area (TPSA) is 51.1 Å². The predicted molar refractivity (Wildman–Crippen MR) is 80.5 cm³/mol. The number of carbonyl (C=O) groups is 1. The molecule has 6 heteroatoms. The Labute approximate surface area is 125 Å². The number of anilines is 1. The first-order valence-electron chi connectivity index (χ1n) is 5.89. The van der Waals surface area contributed by atoms with Crippen molar-refractivity contribution in [2.75, 3.05) is 5.32 Å². The van der Waals surface area contributed by atoms with Gasteiger partial charge in [-0.1, -0.05) is 35.3 Å². The molecule has 0 aliphatic rings. The van der Waals surface area contributed by atoms with Gasteiger partial charge in [0.15, 0.2) is 0 Å². The normalized spacial score (nSPS) is 10.3. The number of aryl methyl sites for hydroxylation is 1. The summed E-state index contributed by atoms with van der Waals surface area (Å²) in [6, 6.07) is 8.37. The molecule has 1 N–H and O–H groups in total. The minimum absolute atomic E-state index is 0.0800. The van der Waals surface area contributed by atoms with E-state index in [1.807, 2.05) is 0 Å². The summed E-state index contributed by atoms with van der Waals surface area (Å²) in [6.07, 6.45) is 1.56. The molecule has 1 aromatic heterocycles. The molecule has 0 bridgehead atoms. The van der Waals surface area contributed by atoms with Crippen LogP contribution in [0.2, 0.25) is 10.0 Å². The van der Waals surface area contributed by atoms with Crippen LogP contribution in [0.4, 0.5) is 5.69 Å². The number of carbonyl (C=O) groups excluding carboxylic acids is 1. The van der Waals surface area contributed by atoms with Gasteiger partial charge in [-0.25, -0.2) is 0 Å². The number of aromatic nitrogens is 1. The lowest BCUT2D eigenvalue weighted by Gasteiger charge is -2.09. The molecule has 1 aromatic carbocycles. The fourth-order valence-corrected chi connectivity index (χ4v) is 2.07. The number of amides is 1. The second-order valence-corrected chi connectivity index (χ2v) is 5.06. The van der Waals surface area contributed by atoms with Gasteiger partial charge in [0.25, 0.3) is 5.56 Å². The molecule has 0 fully saturated rings. The number of nitrogens with zero attached hydrogens (tertiary/aromatic N) is 1. The van der Waals surface area contributed by atoms with Gasteiger partial charge in [0.1, 0.15) is 6.54 Å². The molecule has 0 unspecified atom stereocenters. The highest BCUT2D eigenvalue weighted by Gasteiger charge is 2.09. The van der Waals surface area contributed by atoms with Crippen LogP contribution in [0, 0.1) is 6.92 Å². The summed E-state index contributed by atoms with van der Waals surface area (Å²) in [4.78, 5) is 23.7. The van der Waals surface area contributed by atoms with Crippen LogP contribution in [0.5, 0.6) is 0 Å². The van der Waals surface area contributed by atoms with E-state index in [-0.39, 0.29) is 23.0 Å². The first-order chi connectivity index (χ1) is 9.49. The molecule has 1 amide bonds. The zero-order valence-corrected chi connectivity index (χ0v) is 12.2. The average Bonchev–Trinajstić information content (AvgIpc) is 2.40. The van der Waals surface area contributed by atoms with Crippen molar-refractivity contribution in [1.29, 1.82) is 0 Å². The molecule has 0 radical (unpaired) electrons. The highest BCUT2D eigenvalue weighted by Crippen LogP contribution is 2.29. The summed E-state index contributed by atoms with van der Waals surface area (Å²) in [5.74, 6) is -0.345. The molecule has 1 heterocycles. The van der Waals surface area contributed by atoms with E-state index in [1.54, 1.807) is 43.5 Å². The van der Waals surface area contributed by atoms with Gasteiger partial charge in [0, 0.05) is 11.8 Å². The van der Waals surface area contributed by atoms with Crippen LogP contribution in [0.1, 0.15) is 5.56 Å². The van der Waals surface area contributed by atoms with Gasteiger partial charge in [-0.15, -0.1) is 0 Å². The van der Waals surface area contributed by atoms with E-state index < -0.39 is 0 Å². The van der Waals surface area contributed by atoms with Crippen molar-refractivity contribution in [3.05, 3.63) is 62.5 Å². The van der Waals surface area contributed by atoms with Crippen molar-refractivity contribution in [3.63, 3.8) is 0 Å². The maximum absolute atomic E-state index is 11.9. The third kappa shape index (κ3) is 3.21. The maximum Gasteiger partial charge on any atom is 0.253 e. The Morgan fingerprint density at radius 3 is 2.75 bits per heavy atom. The van der Waals surface area contributed by atoms with Gasteiger partial charge in [0.2, 0.25) is 5.91 Å². The van der Waals surface area contributed by atoms with Crippen LogP contribution in [0.25, 0.3) is 0 Å². The third-order valence-corrected chi connectivity index (χ3v) is 3.57. The molecular formula is C14H12Cl2N2O2. The van der Waals surface area contributed by atoms with Crippen molar-refractivity contribution in [1.82, 2.24) is 4.57 Å². The van der Waals surface area contributed by atoms with Crippen molar-refractivity contribution < 1.29 is 4.79 Å². The molecule has 2 rings (SSSR count). The van der Waals surface area contributed by atoms with E-state index in [9.17, 15) is 9.59 Å². The summed E-state index contributed by atoms with van der Waals surface area (Å²) in [5.41, 5.74) is 0.811. The second-order valence-electron chi connectivity index (χ2n) is 4.27. The lowest BCUT2D eigenvalue weighted by Crippen LogP contribution is -2.28. The molecule has 20 heavy (non-hydrogen) atoms. The Hall–Kier alpha value is -1.78. The van der Waals surface area contributed by atoms with Crippen molar-refractivity contribution in [2.45, 2.75) is 13.5 Å². The van der Waals surface area contributed by atoms with Crippen molar-refractivity contribution in [3.8, 4) is 0 Å². The zero-order chi connectivity index (χ0) is 14.7. The van der Waals surface area contributed by atoms with Crippen LogP contribution in [0.15, 0.2) is 41.3 Å². The van der Waals surface area contributed by atoms with E-state index >= 15 is 0 Å². The predicted octanol–water partition coefficient (Wildman–Crippen LogP) is 3.10. The van der Waals surface area contributed by atoms with Crippen LogP contribution in [-0.4, -0.2) is 10.5 Å². The summed E-state index contributed by atoms with van der Waals surface area (Å²) in [6.45, 7) is 1.62. The summed E-state index contributed by atoms with van der Waals surface area (Å²) in [7, 11) is 0. The van der Waals surface area contributed by atoms with Crippen LogP contribution >= 0.6 is 23.2 Å². The number of rotatable bonds is 3. The highest BCUT2D eigenvalue weighted by atomic mass is 35.5. The molecule has 2 aromatic rings. The zero-order valence-electron chi connectivity index (χ0n) is 10.7. The van der Waals surface area contributed by atoms with Gasteiger partial charge in [-0.2, -0.15) is 0 Å². The SMILES string of the molecule is Cc1cccn(CC(=O)Nc2cccc(Cl)c2Cl)c1=O. The van der Waals surface area contributed by atoms with Crippen LogP contribution in [0.3, 0.4) is 0 Å². The Bertz CT molecular complexity index is 711. The van der Waals surface area contributed by atoms with Crippen LogP contribution < -0.4 is 10.9 Å².